The SMILES string of the molecule is CCOC(=O)c1c(N)sc(CN(C)C)c1-c1cccc(OC)c1. The van der Waals surface area contributed by atoms with Crippen LogP contribution in [0.4, 0.5) is 5.00 Å². The molecule has 1 aromatic carbocycles. The lowest BCUT2D eigenvalue weighted by Crippen LogP contribution is -2.11. The van der Waals surface area contributed by atoms with Crippen molar-refractivity contribution in [3.63, 3.8) is 0 Å². The summed E-state index contributed by atoms with van der Waals surface area (Å²) in [5, 5.41) is 0.484. The molecule has 0 amide bonds. The van der Waals surface area contributed by atoms with Gasteiger partial charge >= 0.3 is 5.97 Å². The van der Waals surface area contributed by atoms with Gasteiger partial charge in [0.15, 0.2) is 0 Å². The van der Waals surface area contributed by atoms with Gasteiger partial charge in [-0.25, -0.2) is 4.79 Å². The molecule has 0 spiro atoms. The minimum Gasteiger partial charge on any atom is -0.497 e. The highest BCUT2D eigenvalue weighted by atomic mass is 32.1. The Morgan fingerprint density at radius 2 is 2.09 bits per heavy atom. The summed E-state index contributed by atoms with van der Waals surface area (Å²) in [6, 6.07) is 7.63. The summed E-state index contributed by atoms with van der Waals surface area (Å²) in [4.78, 5) is 15.4. The second kappa shape index (κ2) is 7.48. The Bertz CT molecular complexity index is 695. The van der Waals surface area contributed by atoms with E-state index in [1.54, 1.807) is 14.0 Å². The summed E-state index contributed by atoms with van der Waals surface area (Å²) in [5.41, 5.74) is 8.30. The lowest BCUT2D eigenvalue weighted by atomic mass is 10.0. The quantitative estimate of drug-likeness (QED) is 0.822. The molecule has 2 rings (SSSR count). The first-order valence-corrected chi connectivity index (χ1v) is 8.17. The standard InChI is InChI=1S/C17H22N2O3S/c1-5-22-17(20)15-14(11-7-6-8-12(9-11)21-4)13(10-19(2)3)23-16(15)18/h6-9H,5,10,18H2,1-4H3. The fourth-order valence-electron chi connectivity index (χ4n) is 2.39. The molecule has 0 bridgehead atoms. The van der Waals surface area contributed by atoms with Gasteiger partial charge in [0.1, 0.15) is 16.3 Å². The highest BCUT2D eigenvalue weighted by Crippen LogP contribution is 2.40. The van der Waals surface area contributed by atoms with E-state index in [1.807, 2.05) is 43.3 Å². The van der Waals surface area contributed by atoms with Crippen LogP contribution < -0.4 is 10.5 Å². The van der Waals surface area contributed by atoms with Crippen LogP contribution in [-0.2, 0) is 11.3 Å². The highest BCUT2D eigenvalue weighted by molar-refractivity contribution is 7.17. The topological polar surface area (TPSA) is 64.8 Å². The number of ether oxygens (including phenoxy) is 2. The first-order valence-electron chi connectivity index (χ1n) is 7.35. The largest absolute Gasteiger partial charge is 0.497 e. The Hall–Kier alpha value is -2.05. The summed E-state index contributed by atoms with van der Waals surface area (Å²) in [7, 11) is 5.58. The van der Waals surface area contributed by atoms with E-state index in [0.29, 0.717) is 23.7 Å². The van der Waals surface area contributed by atoms with E-state index >= 15 is 0 Å². The summed E-state index contributed by atoms with van der Waals surface area (Å²) < 4.78 is 10.5. The van der Waals surface area contributed by atoms with Gasteiger partial charge in [-0.3, -0.25) is 0 Å². The molecule has 0 saturated carbocycles. The Balaban J connectivity index is 2.62. The van der Waals surface area contributed by atoms with Crippen LogP contribution in [0.2, 0.25) is 0 Å². The van der Waals surface area contributed by atoms with Crippen LogP contribution in [0.1, 0.15) is 22.2 Å². The minimum atomic E-state index is -0.385. The lowest BCUT2D eigenvalue weighted by molar-refractivity contribution is 0.0529. The van der Waals surface area contributed by atoms with Crippen molar-refractivity contribution in [3.8, 4) is 16.9 Å². The van der Waals surface area contributed by atoms with Crippen molar-refractivity contribution in [2.75, 3.05) is 33.5 Å². The van der Waals surface area contributed by atoms with Gasteiger partial charge in [-0.1, -0.05) is 12.1 Å². The molecular formula is C17H22N2O3S. The molecule has 0 unspecified atom stereocenters. The second-order valence-electron chi connectivity index (χ2n) is 5.33. The number of methoxy groups -OCH3 is 1. The van der Waals surface area contributed by atoms with Gasteiger partial charge in [0.05, 0.1) is 13.7 Å². The number of carbonyl (C=O) groups is 1. The van der Waals surface area contributed by atoms with E-state index in [4.69, 9.17) is 15.2 Å². The highest BCUT2D eigenvalue weighted by Gasteiger charge is 2.25. The molecule has 0 fully saturated rings. The van der Waals surface area contributed by atoms with Crippen LogP contribution in [0.3, 0.4) is 0 Å². The van der Waals surface area contributed by atoms with E-state index in [-0.39, 0.29) is 5.97 Å². The maximum absolute atomic E-state index is 12.4. The number of hydrogen-bond acceptors (Lipinski definition) is 6. The molecule has 0 aliphatic carbocycles. The molecule has 124 valence electrons. The first-order chi connectivity index (χ1) is 11.0. The number of nitrogens with zero attached hydrogens (tertiary/aromatic N) is 1. The number of nitrogen functional groups attached to an aromatic ring is 1. The number of nitrogens with two attached hydrogens (primary N) is 1. The number of carbonyl (C=O) groups excluding carboxylic acids is 1. The summed E-state index contributed by atoms with van der Waals surface area (Å²) in [5.74, 6) is 0.349. The van der Waals surface area contributed by atoms with E-state index in [1.165, 1.54) is 11.3 Å². The number of benzene rings is 1. The molecule has 1 aromatic heterocycles. The molecule has 0 atom stereocenters. The lowest BCUT2D eigenvalue weighted by Gasteiger charge is -2.12. The summed E-state index contributed by atoms with van der Waals surface area (Å²) >= 11 is 1.43. The summed E-state index contributed by atoms with van der Waals surface area (Å²) in [6.07, 6.45) is 0. The molecule has 2 aromatic rings. The predicted molar refractivity (Wildman–Crippen MR) is 94.1 cm³/mol. The zero-order chi connectivity index (χ0) is 17.0. The molecule has 0 aliphatic heterocycles. The molecule has 0 saturated heterocycles. The van der Waals surface area contributed by atoms with Crippen LogP contribution in [0.15, 0.2) is 24.3 Å². The molecule has 0 aliphatic rings. The third kappa shape index (κ3) is 3.83. The smallest absolute Gasteiger partial charge is 0.341 e. The van der Waals surface area contributed by atoms with Crippen molar-refractivity contribution in [2.24, 2.45) is 0 Å². The van der Waals surface area contributed by atoms with Crippen LogP contribution in [0.25, 0.3) is 11.1 Å². The van der Waals surface area contributed by atoms with Crippen molar-refractivity contribution < 1.29 is 14.3 Å². The molecule has 5 nitrogen and oxygen atoms in total. The molecule has 1 heterocycles. The third-order valence-corrected chi connectivity index (χ3v) is 4.31. The van der Waals surface area contributed by atoms with E-state index in [0.717, 1.165) is 21.8 Å². The Morgan fingerprint density at radius 1 is 1.35 bits per heavy atom. The van der Waals surface area contributed by atoms with Crippen molar-refractivity contribution in [2.45, 2.75) is 13.5 Å². The Morgan fingerprint density at radius 3 is 2.70 bits per heavy atom. The minimum absolute atomic E-state index is 0.314. The molecule has 2 N–H and O–H groups in total. The van der Waals surface area contributed by atoms with Crippen LogP contribution >= 0.6 is 11.3 Å². The average Bonchev–Trinajstić information content (AvgIpc) is 2.83. The number of esters is 1. The number of hydrogen-bond donors (Lipinski definition) is 1. The molecule has 6 heteroatoms. The number of anilines is 1. The van der Waals surface area contributed by atoms with E-state index in [9.17, 15) is 4.79 Å². The van der Waals surface area contributed by atoms with Gasteiger partial charge in [0.2, 0.25) is 0 Å². The zero-order valence-electron chi connectivity index (χ0n) is 13.9. The first kappa shape index (κ1) is 17.3. The van der Waals surface area contributed by atoms with Crippen LogP contribution in [-0.4, -0.2) is 38.7 Å². The van der Waals surface area contributed by atoms with Gasteiger partial charge in [0.25, 0.3) is 0 Å². The third-order valence-electron chi connectivity index (χ3n) is 3.31. The fraction of sp³-hybridized carbons (Fsp3) is 0.353. The van der Waals surface area contributed by atoms with Gasteiger partial charge in [-0.15, -0.1) is 11.3 Å². The normalized spacial score (nSPS) is 10.8. The maximum atomic E-state index is 12.4. The monoisotopic (exact) mass is 334 g/mol. The van der Waals surface area contributed by atoms with Crippen LogP contribution in [0.5, 0.6) is 5.75 Å². The van der Waals surface area contributed by atoms with Gasteiger partial charge < -0.3 is 20.1 Å². The predicted octanol–water partition coefficient (Wildman–Crippen LogP) is 3.24. The fourth-order valence-corrected chi connectivity index (χ4v) is 3.58. The Labute approximate surface area is 140 Å². The van der Waals surface area contributed by atoms with Gasteiger partial charge in [0, 0.05) is 17.0 Å². The maximum Gasteiger partial charge on any atom is 0.341 e. The van der Waals surface area contributed by atoms with Gasteiger partial charge in [-0.05, 0) is 38.7 Å². The molecule has 23 heavy (non-hydrogen) atoms. The average molecular weight is 334 g/mol. The van der Waals surface area contributed by atoms with Crippen molar-refractivity contribution in [1.29, 1.82) is 0 Å². The molecule has 0 radical (unpaired) electrons. The van der Waals surface area contributed by atoms with Crippen LogP contribution in [0, 0.1) is 0 Å². The second-order valence-corrected chi connectivity index (χ2v) is 6.47. The van der Waals surface area contributed by atoms with E-state index < -0.39 is 0 Å². The summed E-state index contributed by atoms with van der Waals surface area (Å²) in [6.45, 7) is 2.79. The van der Waals surface area contributed by atoms with Crippen molar-refractivity contribution in [1.82, 2.24) is 4.90 Å². The van der Waals surface area contributed by atoms with Crippen molar-refractivity contribution in [3.05, 3.63) is 34.7 Å². The Kier molecular flexibility index (Phi) is 5.63. The van der Waals surface area contributed by atoms with Crippen molar-refractivity contribution >= 4 is 22.3 Å². The zero-order valence-corrected chi connectivity index (χ0v) is 14.7. The number of rotatable bonds is 6. The molecular weight excluding hydrogens is 312 g/mol. The van der Waals surface area contributed by atoms with E-state index in [2.05, 4.69) is 0 Å². The number of thiophene rings is 1. The van der Waals surface area contributed by atoms with Gasteiger partial charge in [-0.2, -0.15) is 0 Å².